The van der Waals surface area contributed by atoms with Gasteiger partial charge < -0.3 is 10.0 Å². The number of hydrogen-bond donors (Lipinski definition) is 1. The van der Waals surface area contributed by atoms with Crippen LogP contribution >= 0.6 is 0 Å². The third kappa shape index (κ3) is 2.09. The van der Waals surface area contributed by atoms with Crippen molar-refractivity contribution in [2.24, 2.45) is 0 Å². The van der Waals surface area contributed by atoms with Gasteiger partial charge in [-0.1, -0.05) is 6.58 Å². The molecule has 10 heavy (non-hydrogen) atoms. The van der Waals surface area contributed by atoms with Gasteiger partial charge in [-0.25, -0.2) is 4.79 Å². The highest BCUT2D eigenvalue weighted by Crippen LogP contribution is 2.02. The average Bonchev–Trinajstić information content (AvgIpc) is 1.84. The van der Waals surface area contributed by atoms with Crippen molar-refractivity contribution in [1.29, 1.82) is 0 Å². The predicted molar refractivity (Wildman–Crippen MR) is 39.7 cm³/mol. The van der Waals surface area contributed by atoms with Gasteiger partial charge in [0.15, 0.2) is 0 Å². The zero-order chi connectivity index (χ0) is 8.31. The minimum Gasteiger partial charge on any atom is -0.477 e. The standard InChI is InChI=1S/C7H13NO2/c1-5(2)8(4)6(3)7(9)10/h5H,3H2,1-2,4H3,(H,9,10). The zero-order valence-corrected chi connectivity index (χ0v) is 6.59. The van der Waals surface area contributed by atoms with Crippen molar-refractivity contribution in [3.63, 3.8) is 0 Å². The fourth-order valence-electron chi connectivity index (χ4n) is 0.463. The lowest BCUT2D eigenvalue weighted by Crippen LogP contribution is -2.28. The van der Waals surface area contributed by atoms with Gasteiger partial charge in [0.2, 0.25) is 0 Å². The molecule has 0 bridgehead atoms. The van der Waals surface area contributed by atoms with Crippen LogP contribution in [0.15, 0.2) is 12.3 Å². The molecule has 0 aliphatic heterocycles. The molecule has 0 heterocycles. The van der Waals surface area contributed by atoms with Crippen LogP contribution in [-0.4, -0.2) is 29.1 Å². The lowest BCUT2D eigenvalue weighted by atomic mass is 10.3. The van der Waals surface area contributed by atoms with Crippen LogP contribution < -0.4 is 0 Å². The van der Waals surface area contributed by atoms with Crippen molar-refractivity contribution in [1.82, 2.24) is 4.90 Å². The molecule has 0 spiro atoms. The summed E-state index contributed by atoms with van der Waals surface area (Å²) in [6.45, 7) is 7.22. The Morgan fingerprint density at radius 3 is 2.10 bits per heavy atom. The molecule has 0 aromatic carbocycles. The van der Waals surface area contributed by atoms with Gasteiger partial charge in [-0.3, -0.25) is 0 Å². The number of likely N-dealkylation sites (N-methyl/N-ethyl adjacent to an activating group) is 1. The summed E-state index contributed by atoms with van der Waals surface area (Å²) in [4.78, 5) is 11.9. The first-order chi connectivity index (χ1) is 4.46. The first kappa shape index (κ1) is 9.01. The van der Waals surface area contributed by atoms with Crippen LogP contribution in [0.4, 0.5) is 0 Å². The predicted octanol–water partition coefficient (Wildman–Crippen LogP) is 0.925. The Balaban J connectivity index is 4.08. The van der Waals surface area contributed by atoms with E-state index in [1.54, 1.807) is 11.9 Å². The average molecular weight is 143 g/mol. The molecule has 3 nitrogen and oxygen atoms in total. The summed E-state index contributed by atoms with van der Waals surface area (Å²) in [5, 5.41) is 8.46. The van der Waals surface area contributed by atoms with E-state index in [2.05, 4.69) is 6.58 Å². The summed E-state index contributed by atoms with van der Waals surface area (Å²) >= 11 is 0. The largest absolute Gasteiger partial charge is 0.477 e. The Morgan fingerprint density at radius 2 is 2.00 bits per heavy atom. The van der Waals surface area contributed by atoms with Crippen LogP contribution in [0.25, 0.3) is 0 Å². The third-order valence-corrected chi connectivity index (χ3v) is 1.45. The van der Waals surface area contributed by atoms with Gasteiger partial charge in [-0.15, -0.1) is 0 Å². The molecule has 58 valence electrons. The van der Waals surface area contributed by atoms with E-state index in [-0.39, 0.29) is 11.7 Å². The number of carboxylic acid groups (broad SMARTS) is 1. The van der Waals surface area contributed by atoms with Gasteiger partial charge >= 0.3 is 5.97 Å². The fourth-order valence-corrected chi connectivity index (χ4v) is 0.463. The molecular weight excluding hydrogens is 130 g/mol. The maximum absolute atomic E-state index is 10.3. The summed E-state index contributed by atoms with van der Waals surface area (Å²) in [7, 11) is 1.71. The van der Waals surface area contributed by atoms with Crippen molar-refractivity contribution in [2.75, 3.05) is 7.05 Å². The second kappa shape index (κ2) is 3.25. The van der Waals surface area contributed by atoms with E-state index in [1.165, 1.54) is 0 Å². The molecule has 0 saturated heterocycles. The SMILES string of the molecule is C=C(C(=O)O)N(C)C(C)C. The van der Waals surface area contributed by atoms with E-state index < -0.39 is 5.97 Å². The Morgan fingerprint density at radius 1 is 1.60 bits per heavy atom. The Hall–Kier alpha value is -0.990. The molecule has 0 atom stereocenters. The highest BCUT2D eigenvalue weighted by molar-refractivity contribution is 5.85. The first-order valence-electron chi connectivity index (χ1n) is 3.12. The molecule has 0 radical (unpaired) electrons. The zero-order valence-electron chi connectivity index (χ0n) is 6.59. The molecule has 0 aromatic rings. The Kier molecular flexibility index (Phi) is 2.93. The number of hydrogen-bond acceptors (Lipinski definition) is 2. The molecule has 0 fully saturated rings. The van der Waals surface area contributed by atoms with Crippen LogP contribution in [0.1, 0.15) is 13.8 Å². The monoisotopic (exact) mass is 143 g/mol. The van der Waals surface area contributed by atoms with Gasteiger partial charge in [0.05, 0.1) is 0 Å². The summed E-state index contributed by atoms with van der Waals surface area (Å²) in [5.74, 6) is -0.962. The van der Waals surface area contributed by atoms with Gasteiger partial charge in [0, 0.05) is 13.1 Å². The van der Waals surface area contributed by atoms with Crippen molar-refractivity contribution in [3.05, 3.63) is 12.3 Å². The van der Waals surface area contributed by atoms with Gasteiger partial charge in [0.25, 0.3) is 0 Å². The number of rotatable bonds is 3. The first-order valence-corrected chi connectivity index (χ1v) is 3.12. The van der Waals surface area contributed by atoms with E-state index in [0.717, 1.165) is 0 Å². The number of nitrogens with zero attached hydrogens (tertiary/aromatic N) is 1. The molecule has 0 amide bonds. The lowest BCUT2D eigenvalue weighted by Gasteiger charge is -2.22. The molecule has 0 aromatic heterocycles. The van der Waals surface area contributed by atoms with Crippen LogP contribution in [0.5, 0.6) is 0 Å². The fraction of sp³-hybridized carbons (Fsp3) is 0.571. The van der Waals surface area contributed by atoms with Crippen LogP contribution in [0, 0.1) is 0 Å². The topological polar surface area (TPSA) is 40.5 Å². The summed E-state index contributed by atoms with van der Waals surface area (Å²) in [5.41, 5.74) is 0.134. The maximum atomic E-state index is 10.3. The minimum absolute atomic E-state index is 0.134. The number of carboxylic acids is 1. The Labute approximate surface area is 61.0 Å². The van der Waals surface area contributed by atoms with E-state index >= 15 is 0 Å². The van der Waals surface area contributed by atoms with Crippen LogP contribution in [0.3, 0.4) is 0 Å². The summed E-state index contributed by atoms with van der Waals surface area (Å²) in [6, 6.07) is 0.184. The Bertz CT molecular complexity index is 152. The molecule has 1 N–H and O–H groups in total. The second-order valence-corrected chi connectivity index (χ2v) is 2.46. The third-order valence-electron chi connectivity index (χ3n) is 1.45. The summed E-state index contributed by atoms with van der Waals surface area (Å²) < 4.78 is 0. The van der Waals surface area contributed by atoms with E-state index in [9.17, 15) is 4.79 Å². The smallest absolute Gasteiger partial charge is 0.351 e. The van der Waals surface area contributed by atoms with E-state index in [1.807, 2.05) is 13.8 Å². The van der Waals surface area contributed by atoms with Gasteiger partial charge in [-0.2, -0.15) is 0 Å². The maximum Gasteiger partial charge on any atom is 0.351 e. The second-order valence-electron chi connectivity index (χ2n) is 2.46. The minimum atomic E-state index is -0.962. The van der Waals surface area contributed by atoms with Crippen LogP contribution in [0.2, 0.25) is 0 Å². The van der Waals surface area contributed by atoms with Crippen molar-refractivity contribution >= 4 is 5.97 Å². The summed E-state index contributed by atoms with van der Waals surface area (Å²) in [6.07, 6.45) is 0. The van der Waals surface area contributed by atoms with E-state index in [0.29, 0.717) is 0 Å². The van der Waals surface area contributed by atoms with Gasteiger partial charge in [-0.05, 0) is 13.8 Å². The molecule has 0 aliphatic carbocycles. The molecule has 0 aliphatic rings. The van der Waals surface area contributed by atoms with Crippen molar-refractivity contribution < 1.29 is 9.90 Å². The lowest BCUT2D eigenvalue weighted by molar-refractivity contribution is -0.134. The van der Waals surface area contributed by atoms with Crippen LogP contribution in [-0.2, 0) is 4.79 Å². The quantitative estimate of drug-likeness (QED) is 0.597. The van der Waals surface area contributed by atoms with Gasteiger partial charge in [0.1, 0.15) is 5.70 Å². The van der Waals surface area contributed by atoms with E-state index in [4.69, 9.17) is 5.11 Å². The number of aliphatic carboxylic acids is 1. The normalized spacial score (nSPS) is 9.60. The number of carbonyl (C=O) groups is 1. The highest BCUT2D eigenvalue weighted by Gasteiger charge is 2.11. The molecule has 0 saturated carbocycles. The van der Waals surface area contributed by atoms with Crippen molar-refractivity contribution in [2.45, 2.75) is 19.9 Å². The van der Waals surface area contributed by atoms with Crippen molar-refractivity contribution in [3.8, 4) is 0 Å². The molecule has 3 heteroatoms. The highest BCUT2D eigenvalue weighted by atomic mass is 16.4. The molecule has 0 rings (SSSR count). The molecular formula is C7H13NO2. The molecule has 0 unspecified atom stereocenters.